The fourth-order valence-electron chi connectivity index (χ4n) is 0.945. The summed E-state index contributed by atoms with van der Waals surface area (Å²) >= 11 is 0. The van der Waals surface area contributed by atoms with Crippen LogP contribution in [-0.4, -0.2) is 13.1 Å². The number of rotatable bonds is 7. The van der Waals surface area contributed by atoms with Crippen molar-refractivity contribution in [1.29, 1.82) is 0 Å². The molecular weight excluding hydrogens is 140 g/mol. The van der Waals surface area contributed by atoms with E-state index in [1.807, 2.05) is 0 Å². The summed E-state index contributed by atoms with van der Waals surface area (Å²) in [6, 6.07) is 0. The Kier molecular flexibility index (Phi) is 7.21. The summed E-state index contributed by atoms with van der Waals surface area (Å²) in [6.07, 6.45) is 4.63. The minimum atomic E-state index is 0.529. The van der Waals surface area contributed by atoms with Crippen LogP contribution in [0.5, 0.6) is 0 Å². The molecule has 0 saturated carbocycles. The third-order valence-corrected chi connectivity index (χ3v) is 1.59. The van der Waals surface area contributed by atoms with Gasteiger partial charge in [0.25, 0.3) is 0 Å². The number of carbonyl (C=O) groups excluding carboxylic acids is 1. The number of hydrogen-bond donors (Lipinski definition) is 0. The second-order valence-electron chi connectivity index (χ2n) is 3.17. The van der Waals surface area contributed by atoms with Crippen molar-refractivity contribution in [2.45, 2.75) is 39.5 Å². The molecule has 0 amide bonds. The predicted molar refractivity (Wildman–Crippen MR) is 45.0 cm³/mol. The van der Waals surface area contributed by atoms with Crippen LogP contribution in [0, 0.1) is 5.92 Å². The first-order valence-corrected chi connectivity index (χ1v) is 4.26. The van der Waals surface area contributed by atoms with Gasteiger partial charge in [0, 0.05) is 0 Å². The highest BCUT2D eigenvalue weighted by atomic mass is 16.5. The minimum Gasteiger partial charge on any atom is -0.457 e. The van der Waals surface area contributed by atoms with Gasteiger partial charge in [-0.2, -0.15) is 0 Å². The smallest absolute Gasteiger partial charge is 0.417 e. The molecule has 0 spiro atoms. The van der Waals surface area contributed by atoms with Gasteiger partial charge in [0.15, 0.2) is 0 Å². The Morgan fingerprint density at radius 1 is 1.27 bits per heavy atom. The summed E-state index contributed by atoms with van der Waals surface area (Å²) in [6.45, 7) is 6.38. The summed E-state index contributed by atoms with van der Waals surface area (Å²) in [5.74, 6) is 0.786. The van der Waals surface area contributed by atoms with Gasteiger partial charge in [-0.3, -0.25) is 0 Å². The highest BCUT2D eigenvalue weighted by Gasteiger charge is 1.93. The van der Waals surface area contributed by atoms with Crippen molar-refractivity contribution in [2.75, 3.05) is 6.61 Å². The van der Waals surface area contributed by atoms with Gasteiger partial charge in [-0.1, -0.05) is 33.1 Å². The average Bonchev–Trinajstić information content (AvgIpc) is 1.96. The van der Waals surface area contributed by atoms with Crippen molar-refractivity contribution in [3.05, 3.63) is 0 Å². The standard InChI is InChI=1S/C9H17O2/c1-9(2)6-4-3-5-7-11-8-10/h9H,3-7H2,1-2H3. The lowest BCUT2D eigenvalue weighted by Gasteiger charge is -2.02. The van der Waals surface area contributed by atoms with E-state index in [9.17, 15) is 4.79 Å². The molecule has 1 radical (unpaired) electrons. The molecule has 0 aromatic rings. The van der Waals surface area contributed by atoms with Gasteiger partial charge in [0.05, 0.1) is 6.61 Å². The van der Waals surface area contributed by atoms with Crippen LogP contribution < -0.4 is 0 Å². The van der Waals surface area contributed by atoms with Gasteiger partial charge in [0.2, 0.25) is 0 Å². The fourth-order valence-corrected chi connectivity index (χ4v) is 0.945. The first-order valence-electron chi connectivity index (χ1n) is 4.26. The molecular formula is C9H17O2. The summed E-state index contributed by atoms with van der Waals surface area (Å²) in [5, 5.41) is 0. The van der Waals surface area contributed by atoms with E-state index < -0.39 is 0 Å². The number of unbranched alkanes of at least 4 members (excludes halogenated alkanes) is 2. The third-order valence-electron chi connectivity index (χ3n) is 1.59. The summed E-state index contributed by atoms with van der Waals surface area (Å²) < 4.78 is 4.43. The summed E-state index contributed by atoms with van der Waals surface area (Å²) in [7, 11) is 0. The topological polar surface area (TPSA) is 26.3 Å². The maximum atomic E-state index is 9.60. The third kappa shape index (κ3) is 9.47. The Labute approximate surface area is 68.9 Å². The Bertz CT molecular complexity index is 89.6. The molecule has 2 heteroatoms. The molecule has 11 heavy (non-hydrogen) atoms. The van der Waals surface area contributed by atoms with Crippen LogP contribution in [-0.2, 0) is 9.53 Å². The van der Waals surface area contributed by atoms with Crippen LogP contribution in [0.2, 0.25) is 0 Å². The van der Waals surface area contributed by atoms with Gasteiger partial charge in [-0.25, -0.2) is 4.79 Å². The molecule has 0 aliphatic rings. The highest BCUT2D eigenvalue weighted by molar-refractivity contribution is 5.37. The zero-order valence-electron chi connectivity index (χ0n) is 7.43. The molecule has 0 aromatic carbocycles. The Morgan fingerprint density at radius 2 is 2.00 bits per heavy atom. The van der Waals surface area contributed by atoms with Crippen molar-refractivity contribution < 1.29 is 9.53 Å². The molecule has 0 bridgehead atoms. The van der Waals surface area contributed by atoms with E-state index in [-0.39, 0.29) is 0 Å². The van der Waals surface area contributed by atoms with Crippen molar-refractivity contribution in [3.8, 4) is 0 Å². The van der Waals surface area contributed by atoms with Crippen molar-refractivity contribution >= 4 is 6.47 Å². The van der Waals surface area contributed by atoms with E-state index in [2.05, 4.69) is 18.6 Å². The molecule has 0 aliphatic carbocycles. The van der Waals surface area contributed by atoms with Gasteiger partial charge in [-0.05, 0) is 12.3 Å². The van der Waals surface area contributed by atoms with Crippen molar-refractivity contribution in [3.63, 3.8) is 0 Å². The lowest BCUT2D eigenvalue weighted by atomic mass is 10.1. The Hall–Kier alpha value is -0.530. The molecule has 0 heterocycles. The maximum Gasteiger partial charge on any atom is 0.417 e. The Morgan fingerprint density at radius 3 is 2.55 bits per heavy atom. The molecule has 2 nitrogen and oxygen atoms in total. The van der Waals surface area contributed by atoms with Crippen molar-refractivity contribution in [2.24, 2.45) is 5.92 Å². The van der Waals surface area contributed by atoms with Crippen LogP contribution in [0.4, 0.5) is 0 Å². The lowest BCUT2D eigenvalue weighted by molar-refractivity contribution is 0.268. The Balaban J connectivity index is 2.85. The van der Waals surface area contributed by atoms with Gasteiger partial charge in [0.1, 0.15) is 0 Å². The molecule has 0 unspecified atom stereocenters. The fraction of sp³-hybridized carbons (Fsp3) is 0.889. The zero-order chi connectivity index (χ0) is 8.53. The van der Waals surface area contributed by atoms with Crippen LogP contribution in [0.15, 0.2) is 0 Å². The first kappa shape index (κ1) is 10.5. The number of hydrogen-bond acceptors (Lipinski definition) is 2. The minimum absolute atomic E-state index is 0.529. The molecule has 0 saturated heterocycles. The normalized spacial score (nSPS) is 10.1. The van der Waals surface area contributed by atoms with E-state index in [0.29, 0.717) is 6.61 Å². The quantitative estimate of drug-likeness (QED) is 0.530. The number of ether oxygens (including phenoxy) is 1. The van der Waals surface area contributed by atoms with E-state index in [4.69, 9.17) is 0 Å². The highest BCUT2D eigenvalue weighted by Crippen LogP contribution is 2.07. The van der Waals surface area contributed by atoms with Gasteiger partial charge in [-0.15, -0.1) is 0 Å². The zero-order valence-corrected chi connectivity index (χ0v) is 7.43. The average molecular weight is 157 g/mol. The van der Waals surface area contributed by atoms with Gasteiger partial charge < -0.3 is 4.74 Å². The second kappa shape index (κ2) is 7.58. The molecule has 0 aliphatic heterocycles. The molecule has 0 fully saturated rings. The molecule has 0 rings (SSSR count). The molecule has 65 valence electrons. The van der Waals surface area contributed by atoms with E-state index in [1.54, 1.807) is 0 Å². The van der Waals surface area contributed by atoms with Crippen LogP contribution in [0.25, 0.3) is 0 Å². The van der Waals surface area contributed by atoms with E-state index in [1.165, 1.54) is 19.3 Å². The van der Waals surface area contributed by atoms with Crippen LogP contribution in [0.1, 0.15) is 39.5 Å². The van der Waals surface area contributed by atoms with Crippen LogP contribution >= 0.6 is 0 Å². The van der Waals surface area contributed by atoms with Crippen LogP contribution in [0.3, 0.4) is 0 Å². The molecule has 0 aromatic heterocycles. The predicted octanol–water partition coefficient (Wildman–Crippen LogP) is 2.29. The van der Waals surface area contributed by atoms with E-state index in [0.717, 1.165) is 18.8 Å². The van der Waals surface area contributed by atoms with Gasteiger partial charge >= 0.3 is 6.47 Å². The largest absolute Gasteiger partial charge is 0.457 e. The monoisotopic (exact) mass is 157 g/mol. The summed E-state index contributed by atoms with van der Waals surface area (Å²) in [4.78, 5) is 9.60. The molecule has 0 atom stereocenters. The SMILES string of the molecule is CC(C)CCCCCO[C]=O. The van der Waals surface area contributed by atoms with Crippen molar-refractivity contribution in [1.82, 2.24) is 0 Å². The maximum absolute atomic E-state index is 9.60. The van der Waals surface area contributed by atoms with E-state index >= 15 is 0 Å². The second-order valence-corrected chi connectivity index (χ2v) is 3.17. The first-order chi connectivity index (χ1) is 5.27. The lowest BCUT2D eigenvalue weighted by Crippen LogP contribution is -1.92. The summed E-state index contributed by atoms with van der Waals surface area (Å²) in [5.41, 5.74) is 0. The molecule has 0 N–H and O–H groups in total.